The van der Waals surface area contributed by atoms with Crippen molar-refractivity contribution in [2.45, 2.75) is 6.42 Å². The van der Waals surface area contributed by atoms with E-state index >= 15 is 0 Å². The summed E-state index contributed by atoms with van der Waals surface area (Å²) in [5.41, 5.74) is 0. The highest BCUT2D eigenvalue weighted by Gasteiger charge is 1.91. The molecule has 1 aromatic rings. The zero-order valence-electron chi connectivity index (χ0n) is 4.00. The zero-order valence-corrected chi connectivity index (χ0v) is 4.81. The summed E-state index contributed by atoms with van der Waals surface area (Å²) >= 11 is 1.22. The standard InChI is InChI=1S/C4H3N2OS/c7-2-1-4-3-5-6-8-4/h3H,1H2. The van der Waals surface area contributed by atoms with Crippen LogP contribution < -0.4 is 0 Å². The highest BCUT2D eigenvalue weighted by Crippen LogP contribution is 1.99. The third-order valence-corrected chi connectivity index (χ3v) is 1.31. The number of hydrogen-bond donors (Lipinski definition) is 0. The topological polar surface area (TPSA) is 42.9 Å². The Morgan fingerprint density at radius 3 is 3.25 bits per heavy atom. The fraction of sp³-hybridized carbons (Fsp3) is 0.250. The van der Waals surface area contributed by atoms with Gasteiger partial charge < -0.3 is 0 Å². The molecule has 1 radical (unpaired) electrons. The Bertz CT molecular complexity index is 161. The van der Waals surface area contributed by atoms with E-state index in [0.717, 1.165) is 4.88 Å². The van der Waals surface area contributed by atoms with Crippen LogP contribution in [0, 0.1) is 0 Å². The van der Waals surface area contributed by atoms with Crippen molar-refractivity contribution in [3.8, 4) is 0 Å². The summed E-state index contributed by atoms with van der Waals surface area (Å²) in [5, 5.41) is 3.53. The molecule has 0 spiro atoms. The van der Waals surface area contributed by atoms with Crippen molar-refractivity contribution < 1.29 is 4.79 Å². The van der Waals surface area contributed by atoms with Crippen LogP contribution in [0.15, 0.2) is 6.20 Å². The summed E-state index contributed by atoms with van der Waals surface area (Å²) in [6.07, 6.45) is 3.63. The lowest BCUT2D eigenvalue weighted by Gasteiger charge is -1.72. The minimum atomic E-state index is 0.317. The maximum Gasteiger partial charge on any atom is 0.204 e. The molecule has 0 aliphatic carbocycles. The van der Waals surface area contributed by atoms with Crippen LogP contribution in [0.4, 0.5) is 0 Å². The van der Waals surface area contributed by atoms with Gasteiger partial charge in [0.05, 0.1) is 17.5 Å². The van der Waals surface area contributed by atoms with Gasteiger partial charge >= 0.3 is 0 Å². The smallest absolute Gasteiger partial charge is 0.204 e. The fourth-order valence-corrected chi connectivity index (χ4v) is 0.754. The Morgan fingerprint density at radius 2 is 2.75 bits per heavy atom. The summed E-state index contributed by atoms with van der Waals surface area (Å²) in [7, 11) is 0. The van der Waals surface area contributed by atoms with Crippen LogP contribution in [0.5, 0.6) is 0 Å². The molecule has 0 amide bonds. The number of hydrogen-bond acceptors (Lipinski definition) is 4. The third kappa shape index (κ3) is 1.10. The normalized spacial score (nSPS) is 9.00. The van der Waals surface area contributed by atoms with Crippen LogP contribution >= 0.6 is 11.5 Å². The largest absolute Gasteiger partial charge is 0.290 e. The van der Waals surface area contributed by atoms with Crippen molar-refractivity contribution >= 4 is 17.8 Å². The Hall–Kier alpha value is -0.770. The van der Waals surface area contributed by atoms with Gasteiger partial charge in [0.1, 0.15) is 0 Å². The van der Waals surface area contributed by atoms with Crippen LogP contribution in [0.3, 0.4) is 0 Å². The molecule has 0 fully saturated rings. The molecular formula is C4H3N2OS. The van der Waals surface area contributed by atoms with E-state index in [1.54, 1.807) is 12.5 Å². The van der Waals surface area contributed by atoms with E-state index < -0.39 is 0 Å². The van der Waals surface area contributed by atoms with Gasteiger partial charge in [-0.2, -0.15) is 0 Å². The Kier molecular flexibility index (Phi) is 1.69. The Labute approximate surface area is 50.5 Å². The van der Waals surface area contributed by atoms with E-state index in [-0.39, 0.29) is 0 Å². The van der Waals surface area contributed by atoms with Crippen molar-refractivity contribution in [2.75, 3.05) is 0 Å². The van der Waals surface area contributed by atoms with Crippen LogP contribution in [0.1, 0.15) is 4.88 Å². The molecule has 0 aromatic carbocycles. The van der Waals surface area contributed by atoms with E-state index in [2.05, 4.69) is 9.59 Å². The van der Waals surface area contributed by atoms with E-state index in [4.69, 9.17) is 0 Å². The minimum Gasteiger partial charge on any atom is -0.290 e. The second-order valence-electron chi connectivity index (χ2n) is 1.20. The molecule has 1 aromatic heterocycles. The monoisotopic (exact) mass is 127 g/mol. The molecule has 0 unspecified atom stereocenters. The summed E-state index contributed by atoms with van der Waals surface area (Å²) in [4.78, 5) is 10.6. The number of nitrogens with zero attached hydrogens (tertiary/aromatic N) is 2. The van der Waals surface area contributed by atoms with Gasteiger partial charge in [-0.1, -0.05) is 4.49 Å². The molecule has 0 saturated heterocycles. The first-order valence-corrected chi connectivity index (χ1v) is 2.82. The molecule has 0 bridgehead atoms. The summed E-state index contributed by atoms with van der Waals surface area (Å²) in [6.45, 7) is 0. The molecule has 8 heavy (non-hydrogen) atoms. The summed E-state index contributed by atoms with van der Waals surface area (Å²) < 4.78 is 3.55. The first-order valence-electron chi connectivity index (χ1n) is 2.04. The predicted octanol–water partition coefficient (Wildman–Crippen LogP) is 0.190. The first kappa shape index (κ1) is 5.37. The number of rotatable bonds is 2. The molecule has 4 heteroatoms. The van der Waals surface area contributed by atoms with E-state index in [1.807, 2.05) is 0 Å². The highest BCUT2D eigenvalue weighted by atomic mass is 32.1. The molecule has 0 saturated carbocycles. The quantitative estimate of drug-likeness (QED) is 0.569. The molecule has 0 aliphatic rings. The van der Waals surface area contributed by atoms with Gasteiger partial charge in [0.15, 0.2) is 0 Å². The third-order valence-electron chi connectivity index (χ3n) is 0.653. The van der Waals surface area contributed by atoms with Crippen LogP contribution in [-0.4, -0.2) is 15.9 Å². The van der Waals surface area contributed by atoms with E-state index in [0.29, 0.717) is 6.42 Å². The predicted molar refractivity (Wildman–Crippen MR) is 29.3 cm³/mol. The SMILES string of the molecule is O=[C]Cc1cnns1. The zero-order chi connectivity index (χ0) is 5.82. The first-order chi connectivity index (χ1) is 3.93. The van der Waals surface area contributed by atoms with Gasteiger partial charge in [-0.15, -0.1) is 5.10 Å². The van der Waals surface area contributed by atoms with Gasteiger partial charge in [-0.25, -0.2) is 0 Å². The van der Waals surface area contributed by atoms with E-state index in [1.165, 1.54) is 11.5 Å². The van der Waals surface area contributed by atoms with Crippen molar-refractivity contribution in [1.29, 1.82) is 0 Å². The average molecular weight is 127 g/mol. The molecule has 0 atom stereocenters. The molecule has 0 aliphatic heterocycles. The van der Waals surface area contributed by atoms with E-state index in [9.17, 15) is 4.79 Å². The minimum absolute atomic E-state index is 0.317. The number of carbonyl (C=O) groups excluding carboxylic acids is 1. The van der Waals surface area contributed by atoms with Gasteiger partial charge in [-0.05, 0) is 11.5 Å². The molecule has 1 rings (SSSR count). The molecular weight excluding hydrogens is 124 g/mol. The lowest BCUT2D eigenvalue weighted by Crippen LogP contribution is -1.76. The molecule has 1 heterocycles. The highest BCUT2D eigenvalue weighted by molar-refractivity contribution is 7.05. The van der Waals surface area contributed by atoms with Crippen molar-refractivity contribution in [3.63, 3.8) is 0 Å². The van der Waals surface area contributed by atoms with Crippen molar-refractivity contribution in [3.05, 3.63) is 11.1 Å². The van der Waals surface area contributed by atoms with Gasteiger partial charge in [0, 0.05) is 0 Å². The van der Waals surface area contributed by atoms with Gasteiger partial charge in [0.25, 0.3) is 0 Å². The average Bonchev–Trinajstić information content (AvgIpc) is 2.19. The van der Waals surface area contributed by atoms with Crippen LogP contribution in [0.25, 0.3) is 0 Å². The summed E-state index contributed by atoms with van der Waals surface area (Å²) in [5.74, 6) is 0. The van der Waals surface area contributed by atoms with Gasteiger partial charge in [-0.3, -0.25) is 4.79 Å². The summed E-state index contributed by atoms with van der Waals surface area (Å²) in [6, 6.07) is 0. The van der Waals surface area contributed by atoms with Gasteiger partial charge in [0.2, 0.25) is 6.29 Å². The fourth-order valence-electron chi connectivity index (χ4n) is 0.337. The lowest BCUT2D eigenvalue weighted by atomic mass is 10.4. The number of aromatic nitrogens is 2. The molecule has 41 valence electrons. The molecule has 3 nitrogen and oxygen atoms in total. The Morgan fingerprint density at radius 1 is 1.88 bits per heavy atom. The van der Waals surface area contributed by atoms with Crippen LogP contribution in [0.2, 0.25) is 0 Å². The second-order valence-corrected chi connectivity index (χ2v) is 2.08. The maximum absolute atomic E-state index is 9.70. The van der Waals surface area contributed by atoms with Crippen molar-refractivity contribution in [2.24, 2.45) is 0 Å². The molecule has 0 N–H and O–H groups in total. The van der Waals surface area contributed by atoms with Crippen LogP contribution in [-0.2, 0) is 11.2 Å². The maximum atomic E-state index is 9.70. The second kappa shape index (κ2) is 2.52. The lowest BCUT2D eigenvalue weighted by molar-refractivity contribution is 0.555. The van der Waals surface area contributed by atoms with Crippen molar-refractivity contribution in [1.82, 2.24) is 9.59 Å². The Balaban J connectivity index is 2.62.